The van der Waals surface area contributed by atoms with Crippen LogP contribution in [0.3, 0.4) is 0 Å². The molecule has 1 N–H and O–H groups in total. The van der Waals surface area contributed by atoms with E-state index < -0.39 is 18.0 Å². The molecule has 6 nitrogen and oxygen atoms in total. The van der Waals surface area contributed by atoms with Gasteiger partial charge < -0.3 is 14.8 Å². The number of carbonyl (C=O) groups excluding carboxylic acids is 3. The highest BCUT2D eigenvalue weighted by atomic mass is 35.5. The smallest absolute Gasteiger partial charge is 0.328 e. The number of methoxy groups -OCH3 is 2. The number of ketones is 1. The van der Waals surface area contributed by atoms with E-state index >= 15 is 0 Å². The molecule has 1 rings (SSSR count). The molecular weight excluding hydrogens is 310 g/mol. The predicted octanol–water partition coefficient (Wildman–Crippen LogP) is 2.21. The first-order valence-corrected chi connectivity index (χ1v) is 7.02. The molecule has 0 aromatic heterocycles. The summed E-state index contributed by atoms with van der Waals surface area (Å²) in [4.78, 5) is 34.6. The van der Waals surface area contributed by atoms with E-state index in [2.05, 4.69) is 14.8 Å². The number of anilines is 1. The van der Waals surface area contributed by atoms with Gasteiger partial charge in [-0.05, 0) is 24.3 Å². The Morgan fingerprint density at radius 1 is 1.09 bits per heavy atom. The van der Waals surface area contributed by atoms with Crippen molar-refractivity contribution in [1.82, 2.24) is 0 Å². The molecule has 0 fully saturated rings. The average Bonchev–Trinajstić information content (AvgIpc) is 2.53. The Kier molecular flexibility index (Phi) is 7.39. The lowest BCUT2D eigenvalue weighted by atomic mass is 10.1. The molecule has 7 heteroatoms. The van der Waals surface area contributed by atoms with Gasteiger partial charge in [0.15, 0.2) is 0 Å². The van der Waals surface area contributed by atoms with Crippen LogP contribution < -0.4 is 5.32 Å². The van der Waals surface area contributed by atoms with Crippen LogP contribution in [0.15, 0.2) is 24.3 Å². The third kappa shape index (κ3) is 6.13. The van der Waals surface area contributed by atoms with Gasteiger partial charge in [0.2, 0.25) is 0 Å². The van der Waals surface area contributed by atoms with Gasteiger partial charge in [0.05, 0.1) is 20.6 Å². The Morgan fingerprint density at radius 3 is 2.27 bits per heavy atom. The van der Waals surface area contributed by atoms with Crippen LogP contribution in [0.25, 0.3) is 0 Å². The van der Waals surface area contributed by atoms with Crippen molar-refractivity contribution in [2.45, 2.75) is 25.3 Å². The Bertz CT molecular complexity index is 529. The molecule has 1 atom stereocenters. The van der Waals surface area contributed by atoms with Crippen molar-refractivity contribution in [2.75, 3.05) is 19.5 Å². The zero-order valence-electron chi connectivity index (χ0n) is 12.4. The van der Waals surface area contributed by atoms with Gasteiger partial charge in [-0.2, -0.15) is 0 Å². The van der Waals surface area contributed by atoms with Crippen molar-refractivity contribution >= 4 is 35.0 Å². The number of rotatable bonds is 8. The molecule has 0 aliphatic rings. The number of halogens is 1. The number of hydrogen-bond acceptors (Lipinski definition) is 6. The lowest BCUT2D eigenvalue weighted by Gasteiger charge is -2.17. The molecule has 0 spiro atoms. The summed E-state index contributed by atoms with van der Waals surface area (Å²) in [5, 5.41) is 3.48. The Labute approximate surface area is 133 Å². The number of ether oxygens (including phenoxy) is 2. The van der Waals surface area contributed by atoms with Crippen molar-refractivity contribution in [3.63, 3.8) is 0 Å². The van der Waals surface area contributed by atoms with Gasteiger partial charge in [-0.3, -0.25) is 9.59 Å². The molecule has 22 heavy (non-hydrogen) atoms. The second-order valence-corrected chi connectivity index (χ2v) is 4.98. The maximum atomic E-state index is 11.9. The summed E-state index contributed by atoms with van der Waals surface area (Å²) in [5.74, 6) is -1.25. The Balaban J connectivity index is 2.64. The molecule has 0 heterocycles. The highest BCUT2D eigenvalue weighted by Gasteiger charge is 2.22. The SMILES string of the molecule is COC(=O)CCC(=O)CC(Nc1ccc(Cl)cc1)C(=O)OC. The molecule has 0 amide bonds. The van der Waals surface area contributed by atoms with Gasteiger partial charge in [0, 0.05) is 23.6 Å². The lowest BCUT2D eigenvalue weighted by Crippen LogP contribution is -2.33. The van der Waals surface area contributed by atoms with Gasteiger partial charge in [-0.15, -0.1) is 0 Å². The molecule has 0 aliphatic heterocycles. The monoisotopic (exact) mass is 327 g/mol. The quantitative estimate of drug-likeness (QED) is 0.737. The second-order valence-electron chi connectivity index (χ2n) is 4.55. The van der Waals surface area contributed by atoms with Gasteiger partial charge in [0.25, 0.3) is 0 Å². The second kappa shape index (κ2) is 9.04. The van der Waals surface area contributed by atoms with E-state index in [-0.39, 0.29) is 25.0 Å². The minimum Gasteiger partial charge on any atom is -0.469 e. The summed E-state index contributed by atoms with van der Waals surface area (Å²) in [6.07, 6.45) is -0.0705. The molecule has 0 radical (unpaired) electrons. The minimum absolute atomic E-state index is 0.00975. The van der Waals surface area contributed by atoms with E-state index in [9.17, 15) is 14.4 Å². The number of nitrogens with one attached hydrogen (secondary N) is 1. The van der Waals surface area contributed by atoms with Crippen LogP contribution in [-0.4, -0.2) is 38.0 Å². The summed E-state index contributed by atoms with van der Waals surface area (Å²) >= 11 is 5.79. The fourth-order valence-electron chi connectivity index (χ4n) is 1.76. The molecule has 0 aliphatic carbocycles. The number of hydrogen-bond donors (Lipinski definition) is 1. The topological polar surface area (TPSA) is 81.7 Å². The van der Waals surface area contributed by atoms with Crippen molar-refractivity contribution < 1.29 is 23.9 Å². The molecule has 1 aromatic carbocycles. The Morgan fingerprint density at radius 2 is 1.73 bits per heavy atom. The van der Waals surface area contributed by atoms with Crippen LogP contribution in [0.2, 0.25) is 5.02 Å². The maximum Gasteiger partial charge on any atom is 0.328 e. The summed E-state index contributed by atoms with van der Waals surface area (Å²) in [6, 6.07) is 5.89. The molecule has 120 valence electrons. The van der Waals surface area contributed by atoms with Gasteiger partial charge in [-0.25, -0.2) is 4.79 Å². The predicted molar refractivity (Wildman–Crippen MR) is 81.8 cm³/mol. The highest BCUT2D eigenvalue weighted by Crippen LogP contribution is 2.16. The van der Waals surface area contributed by atoms with E-state index in [4.69, 9.17) is 11.6 Å². The van der Waals surface area contributed by atoms with Gasteiger partial charge in [-0.1, -0.05) is 11.6 Å². The van der Waals surface area contributed by atoms with Crippen molar-refractivity contribution in [1.29, 1.82) is 0 Å². The van der Waals surface area contributed by atoms with Crippen LogP contribution >= 0.6 is 11.6 Å². The van der Waals surface area contributed by atoms with Gasteiger partial charge in [0.1, 0.15) is 11.8 Å². The molecule has 1 aromatic rings. The lowest BCUT2D eigenvalue weighted by molar-refractivity contribution is -0.143. The van der Waals surface area contributed by atoms with Crippen molar-refractivity contribution in [3.8, 4) is 0 Å². The Hall–Kier alpha value is -2.08. The summed E-state index contributed by atoms with van der Waals surface area (Å²) in [6.45, 7) is 0. The van der Waals surface area contributed by atoms with Crippen LogP contribution in [-0.2, 0) is 23.9 Å². The zero-order valence-corrected chi connectivity index (χ0v) is 13.2. The fourth-order valence-corrected chi connectivity index (χ4v) is 1.88. The summed E-state index contributed by atoms with van der Waals surface area (Å²) < 4.78 is 9.15. The van der Waals surface area contributed by atoms with Crippen LogP contribution in [0.1, 0.15) is 19.3 Å². The molecule has 0 saturated heterocycles. The standard InChI is InChI=1S/C15H18ClNO5/c1-21-14(19)8-7-12(18)9-13(15(20)22-2)17-11-5-3-10(16)4-6-11/h3-6,13,17H,7-9H2,1-2H3. The van der Waals surface area contributed by atoms with Crippen LogP contribution in [0, 0.1) is 0 Å². The molecule has 0 saturated carbocycles. The number of Topliss-reactive ketones (excluding diaryl/α,β-unsaturated/α-hetero) is 1. The number of carbonyl (C=O) groups is 3. The maximum absolute atomic E-state index is 11.9. The number of esters is 2. The van der Waals surface area contributed by atoms with E-state index in [1.54, 1.807) is 24.3 Å². The van der Waals surface area contributed by atoms with E-state index in [1.807, 2.05) is 0 Å². The van der Waals surface area contributed by atoms with Crippen LogP contribution in [0.5, 0.6) is 0 Å². The van der Waals surface area contributed by atoms with Crippen LogP contribution in [0.4, 0.5) is 5.69 Å². The first-order valence-electron chi connectivity index (χ1n) is 6.64. The van der Waals surface area contributed by atoms with E-state index in [0.29, 0.717) is 10.7 Å². The highest BCUT2D eigenvalue weighted by molar-refractivity contribution is 6.30. The first kappa shape index (κ1) is 18.0. The van der Waals surface area contributed by atoms with Gasteiger partial charge >= 0.3 is 11.9 Å². The van der Waals surface area contributed by atoms with E-state index in [0.717, 1.165) is 0 Å². The fraction of sp³-hybridized carbons (Fsp3) is 0.400. The third-order valence-electron chi connectivity index (χ3n) is 2.94. The minimum atomic E-state index is -0.823. The van der Waals surface area contributed by atoms with Crippen molar-refractivity contribution in [3.05, 3.63) is 29.3 Å². The zero-order chi connectivity index (χ0) is 16.5. The average molecular weight is 328 g/mol. The summed E-state index contributed by atoms with van der Waals surface area (Å²) in [5.41, 5.74) is 0.639. The largest absolute Gasteiger partial charge is 0.469 e. The van der Waals surface area contributed by atoms with Crippen molar-refractivity contribution in [2.24, 2.45) is 0 Å². The summed E-state index contributed by atoms with van der Waals surface area (Å²) in [7, 11) is 2.50. The van der Waals surface area contributed by atoms with E-state index in [1.165, 1.54) is 14.2 Å². The molecule has 1 unspecified atom stereocenters. The molecule has 0 bridgehead atoms. The third-order valence-corrected chi connectivity index (χ3v) is 3.19. The molecular formula is C15H18ClNO5. The first-order chi connectivity index (χ1) is 10.5. The normalized spacial score (nSPS) is 11.4. The number of benzene rings is 1.